The summed E-state index contributed by atoms with van der Waals surface area (Å²) in [5.74, 6) is -0.888. The highest BCUT2D eigenvalue weighted by Crippen LogP contribution is 2.25. The summed E-state index contributed by atoms with van der Waals surface area (Å²) in [5, 5.41) is 31.5. The van der Waals surface area contributed by atoms with E-state index in [0.717, 1.165) is 0 Å². The topological polar surface area (TPSA) is 131 Å². The van der Waals surface area contributed by atoms with Crippen molar-refractivity contribution in [2.24, 2.45) is 0 Å². The van der Waals surface area contributed by atoms with Crippen LogP contribution in [0.15, 0.2) is 42.5 Å². The second-order valence-electron chi connectivity index (χ2n) is 5.59. The molecule has 0 bridgehead atoms. The number of anilines is 1. The molecule has 9 heteroatoms. The third kappa shape index (κ3) is 5.33. The highest BCUT2D eigenvalue weighted by atomic mass is 16.8. The summed E-state index contributed by atoms with van der Waals surface area (Å²) in [7, 11) is 2.89. The van der Waals surface area contributed by atoms with Gasteiger partial charge in [-0.05, 0) is 29.8 Å². The quantitative estimate of drug-likeness (QED) is 0.599. The monoisotopic (exact) mass is 375 g/mol. The van der Waals surface area contributed by atoms with Gasteiger partial charge in [-0.25, -0.2) is 0 Å². The minimum Gasteiger partial charge on any atom is -0.733 e. The van der Waals surface area contributed by atoms with E-state index in [2.05, 4.69) is 5.32 Å². The number of benzene rings is 2. The highest BCUT2D eigenvalue weighted by Gasteiger charge is 2.20. The summed E-state index contributed by atoms with van der Waals surface area (Å²) in [4.78, 5) is 23.8. The molecule has 9 nitrogen and oxygen atoms in total. The lowest BCUT2D eigenvalue weighted by atomic mass is 10.0. The van der Waals surface area contributed by atoms with Gasteiger partial charge in [-0.15, -0.1) is 0 Å². The van der Waals surface area contributed by atoms with Crippen LogP contribution in [-0.4, -0.2) is 36.4 Å². The summed E-state index contributed by atoms with van der Waals surface area (Å²) in [5.41, 5.74) is 0.485. The number of rotatable bonds is 8. The van der Waals surface area contributed by atoms with Crippen LogP contribution in [0.2, 0.25) is 0 Å². The van der Waals surface area contributed by atoms with Crippen molar-refractivity contribution in [3.63, 3.8) is 0 Å². The molecule has 1 atom stereocenters. The standard InChI is InChI=1S/C18H19N2O7/c1-26-14-7-12(8-15(9-14)27-2)18(23)19-16(10-17(21)22)11-4-3-5-13(6-11)20(24)25/h3-9,16,24H,10H2,1-2H3,(H,19,23)(H,21,22)/q-1/t16-/m0/s1. The van der Waals surface area contributed by atoms with Crippen molar-refractivity contribution in [1.82, 2.24) is 5.32 Å². The van der Waals surface area contributed by atoms with E-state index in [4.69, 9.17) is 19.8 Å². The Morgan fingerprint density at radius 3 is 2.30 bits per heavy atom. The molecule has 0 aliphatic heterocycles. The Bertz CT molecular complexity index is 801. The fourth-order valence-corrected chi connectivity index (χ4v) is 2.47. The first-order valence-corrected chi connectivity index (χ1v) is 7.86. The summed E-state index contributed by atoms with van der Waals surface area (Å²) in [6.07, 6.45) is -0.416. The molecule has 0 saturated heterocycles. The summed E-state index contributed by atoms with van der Waals surface area (Å²) >= 11 is 0. The second-order valence-corrected chi connectivity index (χ2v) is 5.59. The number of hydrogen-bond acceptors (Lipinski definition) is 7. The summed E-state index contributed by atoms with van der Waals surface area (Å²) < 4.78 is 10.2. The third-order valence-electron chi connectivity index (χ3n) is 3.79. The number of carbonyl (C=O) groups excluding carboxylic acids is 1. The Morgan fingerprint density at radius 1 is 1.15 bits per heavy atom. The molecule has 0 radical (unpaired) electrons. The molecule has 0 spiro atoms. The number of aliphatic carboxylic acids is 1. The lowest BCUT2D eigenvalue weighted by Crippen LogP contribution is -2.30. The number of amides is 1. The van der Waals surface area contributed by atoms with E-state index >= 15 is 0 Å². The van der Waals surface area contributed by atoms with Crippen molar-refractivity contribution in [3.05, 3.63) is 58.8 Å². The third-order valence-corrected chi connectivity index (χ3v) is 3.79. The van der Waals surface area contributed by atoms with E-state index in [9.17, 15) is 14.8 Å². The first kappa shape index (κ1) is 20.0. The Balaban J connectivity index is 2.32. The fraction of sp³-hybridized carbons (Fsp3) is 0.222. The van der Waals surface area contributed by atoms with Gasteiger partial charge < -0.3 is 30.3 Å². The van der Waals surface area contributed by atoms with Crippen LogP contribution in [0.3, 0.4) is 0 Å². The van der Waals surface area contributed by atoms with Crippen molar-refractivity contribution in [2.75, 3.05) is 19.4 Å². The lowest BCUT2D eigenvalue weighted by Gasteiger charge is -2.24. The molecule has 0 aromatic heterocycles. The van der Waals surface area contributed by atoms with Gasteiger partial charge in [0.2, 0.25) is 0 Å². The van der Waals surface area contributed by atoms with Crippen LogP contribution >= 0.6 is 0 Å². The van der Waals surface area contributed by atoms with Crippen LogP contribution in [0, 0.1) is 5.21 Å². The van der Waals surface area contributed by atoms with E-state index in [0.29, 0.717) is 17.1 Å². The fourth-order valence-electron chi connectivity index (χ4n) is 2.47. The molecule has 144 valence electrons. The number of carbonyl (C=O) groups is 2. The van der Waals surface area contributed by atoms with Gasteiger partial charge >= 0.3 is 5.97 Å². The average molecular weight is 375 g/mol. The molecular formula is C18H19N2O7-. The molecule has 27 heavy (non-hydrogen) atoms. The molecule has 0 aliphatic carbocycles. The van der Waals surface area contributed by atoms with Crippen LogP contribution < -0.4 is 20.0 Å². The molecule has 2 rings (SSSR count). The van der Waals surface area contributed by atoms with Gasteiger partial charge in [-0.2, -0.15) is 0 Å². The zero-order valence-electron chi connectivity index (χ0n) is 14.7. The molecule has 0 aliphatic rings. The Morgan fingerprint density at radius 2 is 1.78 bits per heavy atom. The molecule has 2 aromatic rings. The Kier molecular flexibility index (Phi) is 6.58. The number of methoxy groups -OCH3 is 2. The summed E-state index contributed by atoms with van der Waals surface area (Å²) in [6.45, 7) is 0. The van der Waals surface area contributed by atoms with Crippen LogP contribution in [0.1, 0.15) is 28.4 Å². The minimum absolute atomic E-state index is 0.0832. The largest absolute Gasteiger partial charge is 0.733 e. The highest BCUT2D eigenvalue weighted by molar-refractivity contribution is 5.95. The smallest absolute Gasteiger partial charge is 0.305 e. The number of ether oxygens (including phenoxy) is 2. The predicted octanol–water partition coefficient (Wildman–Crippen LogP) is 2.34. The maximum Gasteiger partial charge on any atom is 0.305 e. The summed E-state index contributed by atoms with van der Waals surface area (Å²) in [6, 6.07) is 9.31. The van der Waals surface area contributed by atoms with Gasteiger partial charge in [-0.1, -0.05) is 12.1 Å². The number of nitrogens with zero attached hydrogens (tertiary/aromatic N) is 1. The van der Waals surface area contributed by atoms with Crippen molar-refractivity contribution >= 4 is 17.6 Å². The lowest BCUT2D eigenvalue weighted by molar-refractivity contribution is -0.137. The zero-order valence-corrected chi connectivity index (χ0v) is 14.7. The second kappa shape index (κ2) is 8.88. The Hall–Kier alpha value is -3.30. The van der Waals surface area contributed by atoms with E-state index in [-0.39, 0.29) is 16.5 Å². The molecular weight excluding hydrogens is 356 g/mol. The van der Waals surface area contributed by atoms with Gasteiger partial charge in [0.05, 0.1) is 32.4 Å². The maximum absolute atomic E-state index is 12.6. The molecule has 0 fully saturated rings. The van der Waals surface area contributed by atoms with Crippen LogP contribution in [0.25, 0.3) is 0 Å². The number of carboxylic acids is 1. The van der Waals surface area contributed by atoms with E-state index in [1.807, 2.05) is 0 Å². The molecule has 0 unspecified atom stereocenters. The first-order chi connectivity index (χ1) is 12.8. The van der Waals surface area contributed by atoms with Gasteiger partial charge in [-0.3, -0.25) is 14.8 Å². The SMILES string of the molecule is COc1cc(OC)cc(C(=O)N[C@@H](CC(=O)O)c2cccc(N([O-])O)c2)c1. The Labute approximate surface area is 155 Å². The van der Waals surface area contributed by atoms with Crippen molar-refractivity contribution < 1.29 is 29.4 Å². The van der Waals surface area contributed by atoms with Crippen molar-refractivity contribution in [2.45, 2.75) is 12.5 Å². The molecule has 3 N–H and O–H groups in total. The van der Waals surface area contributed by atoms with Crippen LogP contribution in [0.5, 0.6) is 11.5 Å². The van der Waals surface area contributed by atoms with Gasteiger partial charge in [0.1, 0.15) is 11.5 Å². The number of nitrogens with one attached hydrogen (secondary N) is 1. The van der Waals surface area contributed by atoms with Crippen molar-refractivity contribution in [1.29, 1.82) is 0 Å². The van der Waals surface area contributed by atoms with E-state index in [1.54, 1.807) is 12.1 Å². The molecule has 0 saturated carbocycles. The molecule has 0 heterocycles. The predicted molar refractivity (Wildman–Crippen MR) is 96.1 cm³/mol. The molecule has 2 aromatic carbocycles. The maximum atomic E-state index is 12.6. The molecule has 1 amide bonds. The van der Waals surface area contributed by atoms with Crippen molar-refractivity contribution in [3.8, 4) is 11.5 Å². The van der Waals surface area contributed by atoms with Gasteiger partial charge in [0.15, 0.2) is 0 Å². The number of hydrogen-bond donors (Lipinski definition) is 3. The minimum atomic E-state index is -1.14. The van der Waals surface area contributed by atoms with Crippen LogP contribution in [0.4, 0.5) is 5.69 Å². The van der Waals surface area contributed by atoms with Crippen LogP contribution in [-0.2, 0) is 4.79 Å². The van der Waals surface area contributed by atoms with Gasteiger partial charge in [0.25, 0.3) is 5.91 Å². The first-order valence-electron chi connectivity index (χ1n) is 7.86. The normalized spacial score (nSPS) is 11.4. The number of carboxylic acid groups (broad SMARTS) is 1. The zero-order chi connectivity index (χ0) is 20.0. The van der Waals surface area contributed by atoms with Gasteiger partial charge in [0, 0.05) is 11.6 Å². The average Bonchev–Trinajstić information content (AvgIpc) is 2.66. The van der Waals surface area contributed by atoms with E-state index in [1.165, 1.54) is 44.6 Å². The van der Waals surface area contributed by atoms with E-state index < -0.39 is 24.3 Å².